The zero-order valence-corrected chi connectivity index (χ0v) is 7.51. The molecule has 0 unspecified atom stereocenters. The normalized spacial score (nSPS) is 10.4. The van der Waals surface area contributed by atoms with E-state index in [1.807, 2.05) is 30.8 Å². The first-order valence-electron chi connectivity index (χ1n) is 3.64. The molecular formula is C9H8N2S. The molecule has 2 rings (SSSR count). The Morgan fingerprint density at radius 2 is 2.17 bits per heavy atom. The van der Waals surface area contributed by atoms with Crippen molar-refractivity contribution in [3.05, 3.63) is 30.7 Å². The predicted molar refractivity (Wildman–Crippen MR) is 51.3 cm³/mol. The van der Waals surface area contributed by atoms with Gasteiger partial charge in [0, 0.05) is 29.4 Å². The molecule has 0 saturated heterocycles. The lowest BCUT2D eigenvalue weighted by molar-refractivity contribution is 1.17. The molecule has 2 aromatic heterocycles. The van der Waals surface area contributed by atoms with Gasteiger partial charge in [-0.1, -0.05) is 0 Å². The fraction of sp³-hybridized carbons (Fsp3) is 0.111. The van der Waals surface area contributed by atoms with Crippen molar-refractivity contribution < 1.29 is 0 Å². The van der Waals surface area contributed by atoms with E-state index in [-0.39, 0.29) is 0 Å². The van der Waals surface area contributed by atoms with E-state index in [4.69, 9.17) is 0 Å². The highest BCUT2D eigenvalue weighted by Crippen LogP contribution is 2.22. The molecule has 12 heavy (non-hydrogen) atoms. The molecule has 0 aliphatic heterocycles. The summed E-state index contributed by atoms with van der Waals surface area (Å²) in [6.45, 7) is 0. The topological polar surface area (TPSA) is 25.8 Å². The van der Waals surface area contributed by atoms with Crippen molar-refractivity contribution in [1.82, 2.24) is 9.97 Å². The average Bonchev–Trinajstić information content (AvgIpc) is 2.17. The van der Waals surface area contributed by atoms with Crippen LogP contribution in [0.2, 0.25) is 0 Å². The molecule has 60 valence electrons. The smallest absolute Gasteiger partial charge is 0.104 e. The van der Waals surface area contributed by atoms with E-state index >= 15 is 0 Å². The molecule has 2 nitrogen and oxygen atoms in total. The molecule has 0 fully saturated rings. The molecule has 0 N–H and O–H groups in total. The number of hydrogen-bond donors (Lipinski definition) is 0. The number of thioether (sulfide) groups is 1. The van der Waals surface area contributed by atoms with E-state index < -0.39 is 0 Å². The highest BCUT2D eigenvalue weighted by atomic mass is 32.2. The molecule has 0 atom stereocenters. The van der Waals surface area contributed by atoms with Gasteiger partial charge in [0.1, 0.15) is 5.03 Å². The van der Waals surface area contributed by atoms with Crippen molar-refractivity contribution in [3.8, 4) is 0 Å². The highest BCUT2D eigenvalue weighted by Gasteiger charge is 1.98. The number of hydrogen-bond acceptors (Lipinski definition) is 3. The van der Waals surface area contributed by atoms with E-state index in [0.29, 0.717) is 0 Å². The lowest BCUT2D eigenvalue weighted by Gasteiger charge is -1.99. The second kappa shape index (κ2) is 3.11. The summed E-state index contributed by atoms with van der Waals surface area (Å²) in [5.74, 6) is 0. The SMILES string of the molecule is CSc1nccc2cnccc12. The van der Waals surface area contributed by atoms with Gasteiger partial charge < -0.3 is 0 Å². The van der Waals surface area contributed by atoms with Gasteiger partial charge in [-0.15, -0.1) is 11.8 Å². The van der Waals surface area contributed by atoms with E-state index in [2.05, 4.69) is 9.97 Å². The molecule has 0 aliphatic carbocycles. The van der Waals surface area contributed by atoms with Gasteiger partial charge >= 0.3 is 0 Å². The third kappa shape index (κ3) is 1.16. The zero-order valence-electron chi connectivity index (χ0n) is 6.69. The molecule has 0 saturated carbocycles. The summed E-state index contributed by atoms with van der Waals surface area (Å²) in [6.07, 6.45) is 7.50. The maximum atomic E-state index is 4.26. The van der Waals surface area contributed by atoms with E-state index in [1.165, 1.54) is 5.39 Å². The maximum absolute atomic E-state index is 4.26. The molecule has 0 radical (unpaired) electrons. The van der Waals surface area contributed by atoms with Crippen LogP contribution in [0.15, 0.2) is 35.7 Å². The van der Waals surface area contributed by atoms with Crippen molar-refractivity contribution in [3.63, 3.8) is 0 Å². The predicted octanol–water partition coefficient (Wildman–Crippen LogP) is 2.35. The third-order valence-corrected chi connectivity index (χ3v) is 2.43. The van der Waals surface area contributed by atoms with Gasteiger partial charge in [0.2, 0.25) is 0 Å². The Balaban J connectivity index is 2.79. The summed E-state index contributed by atoms with van der Waals surface area (Å²) in [7, 11) is 0. The summed E-state index contributed by atoms with van der Waals surface area (Å²) >= 11 is 1.66. The number of nitrogens with zero attached hydrogens (tertiary/aromatic N) is 2. The van der Waals surface area contributed by atoms with Gasteiger partial charge in [-0.05, 0) is 18.4 Å². The van der Waals surface area contributed by atoms with Gasteiger partial charge in [0.05, 0.1) is 0 Å². The summed E-state index contributed by atoms with van der Waals surface area (Å²) < 4.78 is 0. The number of rotatable bonds is 1. The molecular weight excluding hydrogens is 168 g/mol. The van der Waals surface area contributed by atoms with Crippen LogP contribution in [0.1, 0.15) is 0 Å². The fourth-order valence-electron chi connectivity index (χ4n) is 1.15. The van der Waals surface area contributed by atoms with Crippen molar-refractivity contribution in [2.75, 3.05) is 6.26 Å². The second-order valence-corrected chi connectivity index (χ2v) is 3.21. The summed E-state index contributed by atoms with van der Waals surface area (Å²) in [4.78, 5) is 8.31. The van der Waals surface area contributed by atoms with Crippen LogP contribution in [0.5, 0.6) is 0 Å². The van der Waals surface area contributed by atoms with Crippen LogP contribution in [0.4, 0.5) is 0 Å². The minimum absolute atomic E-state index is 1.06. The Morgan fingerprint density at radius 1 is 1.25 bits per heavy atom. The van der Waals surface area contributed by atoms with Crippen LogP contribution in [0, 0.1) is 0 Å². The Labute approximate surface area is 75.0 Å². The Kier molecular flexibility index (Phi) is 1.96. The van der Waals surface area contributed by atoms with Gasteiger partial charge in [0.25, 0.3) is 0 Å². The maximum Gasteiger partial charge on any atom is 0.104 e. The van der Waals surface area contributed by atoms with Gasteiger partial charge in [-0.3, -0.25) is 4.98 Å². The quantitative estimate of drug-likeness (QED) is 0.624. The second-order valence-electron chi connectivity index (χ2n) is 2.42. The first-order valence-corrected chi connectivity index (χ1v) is 4.87. The van der Waals surface area contributed by atoms with Crippen LogP contribution in [0.25, 0.3) is 10.8 Å². The summed E-state index contributed by atoms with van der Waals surface area (Å²) in [6, 6.07) is 3.97. The lowest BCUT2D eigenvalue weighted by atomic mass is 10.2. The van der Waals surface area contributed by atoms with E-state index in [1.54, 1.807) is 18.0 Å². The highest BCUT2D eigenvalue weighted by molar-refractivity contribution is 7.98. The minimum atomic E-state index is 1.06. The average molecular weight is 176 g/mol. The zero-order chi connectivity index (χ0) is 8.39. The van der Waals surface area contributed by atoms with Gasteiger partial charge in [-0.25, -0.2) is 4.98 Å². The number of aromatic nitrogens is 2. The third-order valence-electron chi connectivity index (χ3n) is 1.72. The molecule has 3 heteroatoms. The first-order chi connectivity index (χ1) is 5.92. The van der Waals surface area contributed by atoms with Crippen molar-refractivity contribution >= 4 is 22.5 Å². The van der Waals surface area contributed by atoms with E-state index in [9.17, 15) is 0 Å². The lowest BCUT2D eigenvalue weighted by Crippen LogP contribution is -1.81. The Bertz CT molecular complexity index is 395. The molecule has 0 bridgehead atoms. The Morgan fingerprint density at radius 3 is 3.00 bits per heavy atom. The molecule has 0 aliphatic rings. The van der Waals surface area contributed by atoms with E-state index in [0.717, 1.165) is 10.4 Å². The molecule has 0 spiro atoms. The standard InChI is InChI=1S/C9H8N2S/c1-12-9-8-3-4-10-6-7(8)2-5-11-9/h2-6H,1H3. The summed E-state index contributed by atoms with van der Waals surface area (Å²) in [5, 5.41) is 3.40. The van der Waals surface area contributed by atoms with Crippen LogP contribution < -0.4 is 0 Å². The monoisotopic (exact) mass is 176 g/mol. The van der Waals surface area contributed by atoms with Crippen molar-refractivity contribution in [2.45, 2.75) is 5.03 Å². The Hall–Kier alpha value is -1.09. The molecule has 2 heterocycles. The first kappa shape index (κ1) is 7.55. The molecule has 2 aromatic rings. The van der Waals surface area contributed by atoms with Crippen molar-refractivity contribution in [1.29, 1.82) is 0 Å². The minimum Gasteiger partial charge on any atom is -0.264 e. The van der Waals surface area contributed by atoms with Crippen LogP contribution in [-0.2, 0) is 0 Å². The number of pyridine rings is 2. The van der Waals surface area contributed by atoms with Gasteiger partial charge in [-0.2, -0.15) is 0 Å². The van der Waals surface area contributed by atoms with Crippen LogP contribution in [0.3, 0.4) is 0 Å². The van der Waals surface area contributed by atoms with Crippen LogP contribution in [-0.4, -0.2) is 16.2 Å². The molecule has 0 aromatic carbocycles. The summed E-state index contributed by atoms with van der Waals surface area (Å²) in [5.41, 5.74) is 0. The molecule has 0 amide bonds. The van der Waals surface area contributed by atoms with Crippen LogP contribution >= 0.6 is 11.8 Å². The largest absolute Gasteiger partial charge is 0.264 e. The fourth-order valence-corrected chi connectivity index (χ4v) is 1.72. The number of fused-ring (bicyclic) bond motifs is 1. The van der Waals surface area contributed by atoms with Crippen molar-refractivity contribution in [2.24, 2.45) is 0 Å². The van der Waals surface area contributed by atoms with Gasteiger partial charge in [0.15, 0.2) is 0 Å².